The number of aliphatic hydroxyl groups is 1. The molecule has 0 spiro atoms. The number of carbonyl (C=O) groups is 1. The molecule has 1 unspecified atom stereocenters. The summed E-state index contributed by atoms with van der Waals surface area (Å²) < 4.78 is 10.7. The summed E-state index contributed by atoms with van der Waals surface area (Å²) in [5, 5.41) is 19.7. The summed E-state index contributed by atoms with van der Waals surface area (Å²) in [5.74, 6) is 2.00. The van der Waals surface area contributed by atoms with E-state index in [-0.39, 0.29) is 30.5 Å². The van der Waals surface area contributed by atoms with Crippen LogP contribution in [0.3, 0.4) is 0 Å². The number of aryl methyl sites for hydroxylation is 2. The number of nitrogens with one attached hydrogen (secondary N) is 3. The molecule has 0 saturated carbocycles. The van der Waals surface area contributed by atoms with Crippen molar-refractivity contribution in [2.75, 3.05) is 26.2 Å². The van der Waals surface area contributed by atoms with Gasteiger partial charge in [0.1, 0.15) is 22.7 Å². The van der Waals surface area contributed by atoms with Gasteiger partial charge in [-0.25, -0.2) is 9.79 Å². The molecule has 0 aliphatic heterocycles. The fourth-order valence-corrected chi connectivity index (χ4v) is 2.49. The highest BCUT2D eigenvalue weighted by Gasteiger charge is 2.27. The van der Waals surface area contributed by atoms with E-state index < -0.39 is 17.3 Å². The van der Waals surface area contributed by atoms with Crippen molar-refractivity contribution < 1.29 is 19.1 Å². The van der Waals surface area contributed by atoms with Crippen molar-refractivity contribution in [2.45, 2.75) is 59.7 Å². The van der Waals surface area contributed by atoms with Gasteiger partial charge < -0.3 is 30.2 Å². The Morgan fingerprint density at radius 2 is 1.79 bits per heavy atom. The van der Waals surface area contributed by atoms with E-state index in [2.05, 4.69) is 20.9 Å². The van der Waals surface area contributed by atoms with Crippen LogP contribution in [-0.2, 0) is 10.3 Å². The molecule has 1 heterocycles. The molecule has 1 atom stereocenters. The van der Waals surface area contributed by atoms with Gasteiger partial charge in [-0.1, -0.05) is 0 Å². The number of carbonyl (C=O) groups excluding carboxylic acids is 1. The first-order valence-electron chi connectivity index (χ1n) is 9.23. The maximum absolute atomic E-state index is 11.6. The Kier molecular flexibility index (Phi) is 10.9. The van der Waals surface area contributed by atoms with Crippen LogP contribution in [0.4, 0.5) is 4.79 Å². The molecule has 4 N–H and O–H groups in total. The largest absolute Gasteiger partial charge is 0.466 e. The normalized spacial score (nSPS) is 13.9. The number of rotatable bonds is 7. The highest BCUT2D eigenvalue weighted by molar-refractivity contribution is 14.0. The zero-order chi connectivity index (χ0) is 20.7. The number of aliphatic imine (C=N–C) groups is 1. The zero-order valence-corrected chi connectivity index (χ0v) is 20.3. The molecule has 8 nitrogen and oxygen atoms in total. The number of nitrogens with zero attached hydrogens (tertiary/aromatic N) is 1. The maximum Gasteiger partial charge on any atom is 0.407 e. The third-order valence-corrected chi connectivity index (χ3v) is 3.60. The highest BCUT2D eigenvalue weighted by Crippen LogP contribution is 2.27. The van der Waals surface area contributed by atoms with Crippen LogP contribution in [-0.4, -0.2) is 48.9 Å². The van der Waals surface area contributed by atoms with Crippen molar-refractivity contribution in [1.29, 1.82) is 0 Å². The van der Waals surface area contributed by atoms with Crippen LogP contribution in [0.2, 0.25) is 0 Å². The first-order chi connectivity index (χ1) is 12.4. The van der Waals surface area contributed by atoms with Crippen molar-refractivity contribution in [3.63, 3.8) is 0 Å². The predicted octanol–water partition coefficient (Wildman–Crippen LogP) is 2.80. The Hall–Kier alpha value is -1.49. The van der Waals surface area contributed by atoms with E-state index in [9.17, 15) is 9.90 Å². The van der Waals surface area contributed by atoms with Crippen LogP contribution in [0.15, 0.2) is 15.5 Å². The van der Waals surface area contributed by atoms with Gasteiger partial charge in [-0.2, -0.15) is 0 Å². The lowest BCUT2D eigenvalue weighted by Crippen LogP contribution is -2.43. The van der Waals surface area contributed by atoms with Gasteiger partial charge in [0.2, 0.25) is 0 Å². The number of furan rings is 1. The number of guanidine groups is 1. The minimum absolute atomic E-state index is 0. The Bertz CT molecular complexity index is 651. The van der Waals surface area contributed by atoms with E-state index in [1.54, 1.807) is 6.92 Å². The number of alkyl carbamates (subject to hydrolysis) is 1. The molecule has 162 valence electrons. The van der Waals surface area contributed by atoms with Crippen LogP contribution in [0.1, 0.15) is 51.7 Å². The molecule has 0 radical (unpaired) electrons. The molecule has 1 rings (SSSR count). The van der Waals surface area contributed by atoms with Crippen molar-refractivity contribution in [2.24, 2.45) is 4.99 Å². The van der Waals surface area contributed by atoms with Gasteiger partial charge in [0.25, 0.3) is 0 Å². The molecule has 9 heteroatoms. The molecule has 0 saturated heterocycles. The highest BCUT2D eigenvalue weighted by atomic mass is 127. The van der Waals surface area contributed by atoms with E-state index in [1.807, 2.05) is 47.6 Å². The SMILES string of the molecule is CCNC(=NCC(C)(O)c1cc(C)oc1C)NCCNC(=O)OC(C)(C)C.I. The fourth-order valence-electron chi connectivity index (χ4n) is 2.49. The first kappa shape index (κ1) is 26.5. The molecule has 28 heavy (non-hydrogen) atoms. The number of halogens is 1. The Balaban J connectivity index is 0.00000729. The molecule has 1 amide bonds. The maximum atomic E-state index is 11.6. The van der Waals surface area contributed by atoms with Crippen LogP contribution < -0.4 is 16.0 Å². The van der Waals surface area contributed by atoms with E-state index in [4.69, 9.17) is 9.15 Å². The van der Waals surface area contributed by atoms with Gasteiger partial charge in [-0.05, 0) is 54.5 Å². The molecule has 0 aromatic carbocycles. The standard InChI is InChI=1S/C19H34N4O4.HI/c1-8-20-16(21-9-10-22-17(24)27-18(4,5)6)23-12-19(7,25)15-11-13(2)26-14(15)3;/h11,25H,8-10,12H2,1-7H3,(H,22,24)(H2,20,21,23);1H. The lowest BCUT2D eigenvalue weighted by molar-refractivity contribution is 0.0528. The summed E-state index contributed by atoms with van der Waals surface area (Å²) in [4.78, 5) is 16.1. The van der Waals surface area contributed by atoms with Crippen LogP contribution in [0.25, 0.3) is 0 Å². The zero-order valence-electron chi connectivity index (χ0n) is 17.9. The van der Waals surface area contributed by atoms with Crippen molar-refractivity contribution in [3.05, 3.63) is 23.2 Å². The number of amides is 1. The lowest BCUT2D eigenvalue weighted by Gasteiger charge is -2.22. The van der Waals surface area contributed by atoms with Gasteiger partial charge in [0.15, 0.2) is 5.96 Å². The van der Waals surface area contributed by atoms with Crippen molar-refractivity contribution in [3.8, 4) is 0 Å². The molecular weight excluding hydrogens is 475 g/mol. The first-order valence-corrected chi connectivity index (χ1v) is 9.23. The van der Waals surface area contributed by atoms with E-state index in [0.717, 1.165) is 11.3 Å². The third-order valence-electron chi connectivity index (χ3n) is 3.60. The summed E-state index contributed by atoms with van der Waals surface area (Å²) in [5.41, 5.74) is -0.937. The summed E-state index contributed by atoms with van der Waals surface area (Å²) in [6.07, 6.45) is -0.458. The number of ether oxygens (including phenoxy) is 1. The smallest absolute Gasteiger partial charge is 0.407 e. The monoisotopic (exact) mass is 510 g/mol. The molecular formula is C19H35IN4O4. The molecule has 0 bridgehead atoms. The Labute approximate surface area is 184 Å². The lowest BCUT2D eigenvalue weighted by atomic mass is 9.96. The second-order valence-corrected chi connectivity index (χ2v) is 7.65. The van der Waals surface area contributed by atoms with Gasteiger partial charge in [-0.3, -0.25) is 0 Å². The van der Waals surface area contributed by atoms with E-state index in [0.29, 0.717) is 31.4 Å². The predicted molar refractivity (Wildman–Crippen MR) is 121 cm³/mol. The van der Waals surface area contributed by atoms with Crippen molar-refractivity contribution in [1.82, 2.24) is 16.0 Å². The minimum Gasteiger partial charge on any atom is -0.466 e. The molecule has 0 fully saturated rings. The van der Waals surface area contributed by atoms with Gasteiger partial charge in [-0.15, -0.1) is 24.0 Å². The summed E-state index contributed by atoms with van der Waals surface area (Å²) in [6, 6.07) is 1.83. The van der Waals surface area contributed by atoms with Gasteiger partial charge in [0.05, 0.1) is 6.54 Å². The molecule has 0 aliphatic rings. The quantitative estimate of drug-likeness (QED) is 0.195. The number of hydrogen-bond acceptors (Lipinski definition) is 5. The molecule has 1 aromatic heterocycles. The second kappa shape index (κ2) is 11.5. The van der Waals surface area contributed by atoms with Gasteiger partial charge in [0, 0.05) is 25.2 Å². The summed E-state index contributed by atoms with van der Waals surface area (Å²) >= 11 is 0. The number of hydrogen-bond donors (Lipinski definition) is 4. The second-order valence-electron chi connectivity index (χ2n) is 7.65. The fraction of sp³-hybridized carbons (Fsp3) is 0.684. The molecule has 0 aliphatic carbocycles. The Morgan fingerprint density at radius 3 is 2.29 bits per heavy atom. The third kappa shape index (κ3) is 9.63. The van der Waals surface area contributed by atoms with Crippen LogP contribution >= 0.6 is 24.0 Å². The van der Waals surface area contributed by atoms with Crippen LogP contribution in [0.5, 0.6) is 0 Å². The minimum atomic E-state index is -1.14. The van der Waals surface area contributed by atoms with E-state index >= 15 is 0 Å². The van der Waals surface area contributed by atoms with Crippen molar-refractivity contribution >= 4 is 36.0 Å². The summed E-state index contributed by atoms with van der Waals surface area (Å²) in [7, 11) is 0. The molecule has 1 aromatic rings. The van der Waals surface area contributed by atoms with Crippen LogP contribution in [0, 0.1) is 13.8 Å². The Morgan fingerprint density at radius 1 is 1.18 bits per heavy atom. The van der Waals surface area contributed by atoms with Gasteiger partial charge >= 0.3 is 6.09 Å². The summed E-state index contributed by atoms with van der Waals surface area (Å²) in [6.45, 7) is 14.5. The average Bonchev–Trinajstić information content (AvgIpc) is 2.86. The van der Waals surface area contributed by atoms with E-state index in [1.165, 1.54) is 0 Å². The topological polar surface area (TPSA) is 108 Å². The average molecular weight is 510 g/mol.